The Hall–Kier alpha value is -6.32. The van der Waals surface area contributed by atoms with E-state index < -0.39 is 6.61 Å². The van der Waals surface area contributed by atoms with Crippen LogP contribution in [0.15, 0.2) is 78.5 Å². The van der Waals surface area contributed by atoms with Crippen molar-refractivity contribution >= 4 is 46.2 Å². The summed E-state index contributed by atoms with van der Waals surface area (Å²) in [5.74, 6) is -0.0780. The highest BCUT2D eigenvalue weighted by atomic mass is 16.3. The molecule has 9 rings (SSSR count). The number of aromatic nitrogens is 5. The summed E-state index contributed by atoms with van der Waals surface area (Å²) in [6.07, 6.45) is 10.5. The number of carbonyl (C=O) groups is 2. The molecule has 0 spiro atoms. The lowest BCUT2D eigenvalue weighted by molar-refractivity contribution is -0.111. The number of fused-ring (bicyclic) bond motifs is 3. The lowest BCUT2D eigenvalue weighted by Gasteiger charge is -2.48. The van der Waals surface area contributed by atoms with Gasteiger partial charge in [-0.1, -0.05) is 41.2 Å². The molecule has 15 nitrogen and oxygen atoms in total. The minimum absolute atomic E-state index is 0.0172. The number of nitrogens with zero attached hydrogens (tertiary/aromatic N) is 9. The standard InChI is InChI=1S/C52H65N11O4/c1-10-46(65)56-40-25-35(11-13-42(40)61-20-19-59(29-33(61)3)36-16-18-60(32(2)23-36)37-12-14-45(54-28-37)51(4,5)6)55-47-50(67)58(9)30-41(57-47)38-15-17-53-48(39(38)31-64)63-22-21-62-43(49(63)66)24-34-26-52(7,8)27-44(34)62/h10-15,17,24-25,28,30,32-33,36,64H,1,16,18-23,26-27,29,31H2,2-9H3,(H,55,57)(H,56,65)/t32-,33+,36?/m1/s1. The SMILES string of the molecule is C=CC(=O)Nc1cc(Nc2nc(-c3ccnc(N4CCn5c(cc6c5CC(C)(C)C6)C4=O)c3CO)cn(C)c2=O)ccc1N1CCN(C2CCN(c3ccc(C(C)(C)C)nc3)[C@H](C)C2)C[C@@H]1C. The molecule has 352 valence electrons. The Morgan fingerprint density at radius 2 is 1.78 bits per heavy atom. The van der Waals surface area contributed by atoms with Crippen LogP contribution >= 0.6 is 0 Å². The Kier molecular flexibility index (Phi) is 12.1. The van der Waals surface area contributed by atoms with Gasteiger partial charge in [-0.05, 0) is 99.0 Å². The van der Waals surface area contributed by atoms with Crippen LogP contribution in [0.2, 0.25) is 0 Å². The molecule has 2 saturated heterocycles. The maximum absolute atomic E-state index is 14.1. The molecule has 4 aromatic heterocycles. The highest BCUT2D eigenvalue weighted by Crippen LogP contribution is 2.41. The molecule has 1 aliphatic carbocycles. The number of anilines is 6. The molecule has 2 fully saturated rings. The first-order valence-electron chi connectivity index (χ1n) is 23.7. The number of aliphatic hydroxyl groups excluding tert-OH is 1. The molecule has 4 aliphatic rings. The van der Waals surface area contributed by atoms with Gasteiger partial charge in [-0.15, -0.1) is 0 Å². The number of piperidine rings is 1. The van der Waals surface area contributed by atoms with E-state index in [0.29, 0.717) is 64.9 Å². The van der Waals surface area contributed by atoms with Crippen molar-refractivity contribution < 1.29 is 14.7 Å². The lowest BCUT2D eigenvalue weighted by Crippen LogP contribution is -2.58. The molecule has 3 N–H and O–H groups in total. The number of hydrogen-bond donors (Lipinski definition) is 3. The number of pyridine rings is 2. The second-order valence-electron chi connectivity index (χ2n) is 20.8. The third-order valence-corrected chi connectivity index (χ3v) is 14.3. The first kappa shape index (κ1) is 45.8. The third kappa shape index (κ3) is 8.86. The molecular formula is C52H65N11O4. The third-order valence-electron chi connectivity index (χ3n) is 14.3. The van der Waals surface area contributed by atoms with Crippen LogP contribution in [0.3, 0.4) is 0 Å². The second kappa shape index (κ2) is 17.7. The average molecular weight is 908 g/mol. The molecule has 0 radical (unpaired) electrons. The van der Waals surface area contributed by atoms with Crippen molar-refractivity contribution in [3.05, 3.63) is 112 Å². The molecular weight excluding hydrogens is 843 g/mol. The molecule has 15 heteroatoms. The highest BCUT2D eigenvalue weighted by molar-refractivity contribution is 6.06. The number of benzene rings is 1. The quantitative estimate of drug-likeness (QED) is 0.124. The van der Waals surface area contributed by atoms with Gasteiger partial charge < -0.3 is 34.7 Å². The predicted octanol–water partition coefficient (Wildman–Crippen LogP) is 7.05. The van der Waals surface area contributed by atoms with E-state index in [2.05, 4.69) is 102 Å². The summed E-state index contributed by atoms with van der Waals surface area (Å²) in [6, 6.07) is 14.8. The highest BCUT2D eigenvalue weighted by Gasteiger charge is 2.38. The van der Waals surface area contributed by atoms with Gasteiger partial charge in [0.2, 0.25) is 5.91 Å². The second-order valence-corrected chi connectivity index (χ2v) is 20.8. The molecule has 1 unspecified atom stereocenters. The number of amides is 2. The van der Waals surface area contributed by atoms with E-state index in [-0.39, 0.29) is 40.1 Å². The van der Waals surface area contributed by atoms with Crippen LogP contribution in [0.5, 0.6) is 0 Å². The summed E-state index contributed by atoms with van der Waals surface area (Å²) < 4.78 is 3.59. The van der Waals surface area contributed by atoms with Crippen molar-refractivity contribution in [3.63, 3.8) is 0 Å². The van der Waals surface area contributed by atoms with Crippen molar-refractivity contribution in [2.75, 3.05) is 58.1 Å². The first-order chi connectivity index (χ1) is 31.9. The Labute approximate surface area is 393 Å². The fourth-order valence-corrected chi connectivity index (χ4v) is 10.9. The minimum Gasteiger partial charge on any atom is -0.392 e. The Morgan fingerprint density at radius 3 is 2.48 bits per heavy atom. The van der Waals surface area contributed by atoms with Crippen molar-refractivity contribution in [3.8, 4) is 11.3 Å². The predicted molar refractivity (Wildman–Crippen MR) is 266 cm³/mol. The molecule has 67 heavy (non-hydrogen) atoms. The van der Waals surface area contributed by atoms with Crippen molar-refractivity contribution in [1.29, 1.82) is 0 Å². The molecule has 2 amide bonds. The Bertz CT molecular complexity index is 2790. The van der Waals surface area contributed by atoms with Gasteiger partial charge in [-0.3, -0.25) is 29.2 Å². The molecule has 0 bridgehead atoms. The fraction of sp³-hybridized carbons (Fsp3) is 0.462. The maximum atomic E-state index is 14.1. The summed E-state index contributed by atoms with van der Waals surface area (Å²) >= 11 is 0. The summed E-state index contributed by atoms with van der Waals surface area (Å²) in [7, 11) is 1.65. The number of rotatable bonds is 10. The van der Waals surface area contributed by atoms with Crippen LogP contribution in [0, 0.1) is 5.41 Å². The monoisotopic (exact) mass is 908 g/mol. The summed E-state index contributed by atoms with van der Waals surface area (Å²) in [5.41, 5.74) is 8.62. The summed E-state index contributed by atoms with van der Waals surface area (Å²) in [5, 5.41) is 17.1. The molecule has 3 atom stereocenters. The Morgan fingerprint density at radius 1 is 0.970 bits per heavy atom. The van der Waals surface area contributed by atoms with Gasteiger partial charge in [0.15, 0.2) is 5.82 Å². The summed E-state index contributed by atoms with van der Waals surface area (Å²) in [6.45, 7) is 23.5. The van der Waals surface area contributed by atoms with Crippen LogP contribution in [0.4, 0.5) is 34.4 Å². The van der Waals surface area contributed by atoms with Crippen LogP contribution in [-0.2, 0) is 43.3 Å². The van der Waals surface area contributed by atoms with E-state index in [1.807, 2.05) is 30.5 Å². The van der Waals surface area contributed by atoms with Gasteiger partial charge >= 0.3 is 0 Å². The van der Waals surface area contributed by atoms with E-state index in [9.17, 15) is 19.5 Å². The number of aryl methyl sites for hydroxylation is 1. The van der Waals surface area contributed by atoms with Crippen molar-refractivity contribution in [1.82, 2.24) is 29.0 Å². The zero-order valence-corrected chi connectivity index (χ0v) is 40.3. The zero-order chi connectivity index (χ0) is 47.5. The number of hydrogen-bond acceptors (Lipinski definition) is 11. The van der Waals surface area contributed by atoms with Crippen molar-refractivity contribution in [2.24, 2.45) is 12.5 Å². The van der Waals surface area contributed by atoms with Crippen LogP contribution in [0.25, 0.3) is 11.3 Å². The van der Waals surface area contributed by atoms with Gasteiger partial charge in [0, 0.05) is 110 Å². The van der Waals surface area contributed by atoms with Crippen LogP contribution in [-0.4, -0.2) is 96.8 Å². The van der Waals surface area contributed by atoms with E-state index in [4.69, 9.17) is 9.97 Å². The molecule has 5 aromatic rings. The smallest absolute Gasteiger partial charge is 0.293 e. The minimum atomic E-state index is -0.398. The van der Waals surface area contributed by atoms with Crippen LogP contribution in [0.1, 0.15) is 94.3 Å². The fourth-order valence-electron chi connectivity index (χ4n) is 10.9. The Balaban J connectivity index is 0.919. The van der Waals surface area contributed by atoms with Crippen LogP contribution < -0.4 is 30.9 Å². The zero-order valence-electron chi connectivity index (χ0n) is 40.3. The molecule has 3 aliphatic heterocycles. The van der Waals surface area contributed by atoms with E-state index in [1.165, 1.54) is 27.6 Å². The van der Waals surface area contributed by atoms with E-state index >= 15 is 0 Å². The van der Waals surface area contributed by atoms with E-state index in [0.717, 1.165) is 63.2 Å². The topological polar surface area (TPSA) is 157 Å². The number of aliphatic hydroxyl groups is 1. The lowest BCUT2D eigenvalue weighted by atomic mass is 9.90. The van der Waals surface area contributed by atoms with Gasteiger partial charge in [-0.2, -0.15) is 0 Å². The molecule has 7 heterocycles. The van der Waals surface area contributed by atoms with Gasteiger partial charge in [0.1, 0.15) is 11.5 Å². The first-order valence-corrected chi connectivity index (χ1v) is 23.7. The van der Waals surface area contributed by atoms with E-state index in [1.54, 1.807) is 30.4 Å². The normalized spacial score (nSPS) is 20.7. The number of nitrogens with one attached hydrogen (secondary N) is 2. The average Bonchev–Trinajstić information content (AvgIpc) is 3.79. The molecule has 1 aromatic carbocycles. The summed E-state index contributed by atoms with van der Waals surface area (Å²) in [4.78, 5) is 63.9. The molecule has 0 saturated carbocycles. The number of piperazine rings is 1. The maximum Gasteiger partial charge on any atom is 0.293 e. The van der Waals surface area contributed by atoms with Gasteiger partial charge in [-0.25, -0.2) is 9.97 Å². The largest absolute Gasteiger partial charge is 0.392 e. The van der Waals surface area contributed by atoms with Gasteiger partial charge in [0.25, 0.3) is 11.5 Å². The number of carbonyl (C=O) groups excluding carboxylic acids is 2. The van der Waals surface area contributed by atoms with Gasteiger partial charge in [0.05, 0.1) is 35.6 Å². The van der Waals surface area contributed by atoms with Crippen molar-refractivity contribution in [2.45, 2.75) is 111 Å².